The summed E-state index contributed by atoms with van der Waals surface area (Å²) in [6.07, 6.45) is 11.3. The highest BCUT2D eigenvalue weighted by Gasteiger charge is 2.42. The van der Waals surface area contributed by atoms with Gasteiger partial charge in [-0.05, 0) is 56.5 Å². The lowest BCUT2D eigenvalue weighted by atomic mass is 9.71. The van der Waals surface area contributed by atoms with Crippen LogP contribution in [0.15, 0.2) is 53.6 Å². The molecule has 0 radical (unpaired) electrons. The van der Waals surface area contributed by atoms with Crippen molar-refractivity contribution in [3.8, 4) is 0 Å². The van der Waals surface area contributed by atoms with Crippen LogP contribution in [-0.2, 0) is 4.79 Å². The van der Waals surface area contributed by atoms with Crippen molar-refractivity contribution < 1.29 is 4.79 Å². The molecule has 6 heteroatoms. The average Bonchev–Trinajstić information content (AvgIpc) is 2.81. The number of nitrogens with two attached hydrogens (primary N) is 1. The predicted molar refractivity (Wildman–Crippen MR) is 136 cm³/mol. The molecule has 1 aromatic rings. The SMILES string of the molecule is CC1CNCC(C)N1CCCCCC1(C(=N)N)C=CC=C(C2=Cc3ccccc3NC2)C1=O. The molecule has 1 saturated heterocycles. The minimum Gasteiger partial charge on any atom is -0.387 e. The standard InChI is InChI=1S/C27H37N5O/c1-19-16-30-17-20(2)32(19)14-7-3-6-12-27(26(28)29)13-8-10-23(25(27)33)22-15-21-9-4-5-11-24(21)31-18-22/h4-5,8-11,13,15,19-20,30-31H,3,6-7,12,14,16-18H2,1-2H3,(H3,28,29). The second-order valence-electron chi connectivity index (χ2n) is 9.67. The molecule has 0 saturated carbocycles. The number of carbonyl (C=O) groups excluding carboxylic acids is 1. The Bertz CT molecular complexity index is 984. The van der Waals surface area contributed by atoms with E-state index in [1.165, 1.54) is 0 Å². The zero-order valence-electron chi connectivity index (χ0n) is 19.9. The first kappa shape index (κ1) is 23.5. The van der Waals surface area contributed by atoms with Gasteiger partial charge in [0.1, 0.15) is 11.3 Å². The van der Waals surface area contributed by atoms with E-state index in [2.05, 4.69) is 35.5 Å². The van der Waals surface area contributed by atoms with E-state index in [-0.39, 0.29) is 11.6 Å². The van der Waals surface area contributed by atoms with E-state index in [0.717, 1.165) is 55.7 Å². The van der Waals surface area contributed by atoms with Crippen LogP contribution in [0.5, 0.6) is 0 Å². The summed E-state index contributed by atoms with van der Waals surface area (Å²) in [5, 5.41) is 15.2. The Balaban J connectivity index is 1.40. The molecule has 0 amide bonds. The molecule has 5 N–H and O–H groups in total. The van der Waals surface area contributed by atoms with E-state index in [1.807, 2.05) is 42.5 Å². The maximum atomic E-state index is 13.7. The molecule has 1 aliphatic carbocycles. The summed E-state index contributed by atoms with van der Waals surface area (Å²) in [6, 6.07) is 9.19. The van der Waals surface area contributed by atoms with E-state index < -0.39 is 5.41 Å². The molecule has 4 rings (SSSR count). The number of amidine groups is 1. The molecule has 3 atom stereocenters. The Kier molecular flexibility index (Phi) is 7.15. The highest BCUT2D eigenvalue weighted by Crippen LogP contribution is 2.38. The number of ketones is 1. The summed E-state index contributed by atoms with van der Waals surface area (Å²) in [4.78, 5) is 16.2. The molecule has 3 unspecified atom stereocenters. The molecule has 1 fully saturated rings. The Morgan fingerprint density at radius 2 is 1.94 bits per heavy atom. The highest BCUT2D eigenvalue weighted by molar-refractivity contribution is 6.19. The number of benzene rings is 1. The fourth-order valence-corrected chi connectivity index (χ4v) is 5.37. The minimum atomic E-state index is -1.03. The lowest BCUT2D eigenvalue weighted by molar-refractivity contribution is -0.120. The first-order chi connectivity index (χ1) is 15.9. The van der Waals surface area contributed by atoms with E-state index in [1.54, 1.807) is 0 Å². The highest BCUT2D eigenvalue weighted by atomic mass is 16.1. The molecule has 2 heterocycles. The van der Waals surface area contributed by atoms with Gasteiger partial charge in [0.15, 0.2) is 5.78 Å². The average molecular weight is 448 g/mol. The lowest BCUT2D eigenvalue weighted by Gasteiger charge is -2.39. The Labute approximate surface area is 197 Å². The summed E-state index contributed by atoms with van der Waals surface area (Å²) in [5.74, 6) is -0.0993. The molecule has 2 aliphatic heterocycles. The van der Waals surface area contributed by atoms with Gasteiger partial charge in [-0.1, -0.05) is 49.3 Å². The van der Waals surface area contributed by atoms with Gasteiger partial charge in [0.05, 0.1) is 0 Å². The number of hydrogen-bond acceptors (Lipinski definition) is 5. The molecular formula is C27H37N5O. The molecular weight excluding hydrogens is 410 g/mol. The van der Waals surface area contributed by atoms with Crippen LogP contribution < -0.4 is 16.4 Å². The number of nitrogens with zero attached hydrogens (tertiary/aromatic N) is 1. The minimum absolute atomic E-state index is 0.0470. The maximum Gasteiger partial charge on any atom is 0.180 e. The van der Waals surface area contributed by atoms with Gasteiger partial charge in [-0.15, -0.1) is 0 Å². The normalized spacial score (nSPS) is 27.4. The van der Waals surface area contributed by atoms with Crippen LogP contribution in [0, 0.1) is 10.8 Å². The third-order valence-electron chi connectivity index (χ3n) is 7.38. The second kappa shape index (κ2) is 10.1. The zero-order valence-corrected chi connectivity index (χ0v) is 19.9. The third-order valence-corrected chi connectivity index (χ3v) is 7.38. The predicted octanol–water partition coefficient (Wildman–Crippen LogP) is 3.73. The van der Waals surface area contributed by atoms with Crippen molar-refractivity contribution in [3.05, 3.63) is 59.2 Å². The number of para-hydroxylation sites is 1. The van der Waals surface area contributed by atoms with Gasteiger partial charge >= 0.3 is 0 Å². The smallest absolute Gasteiger partial charge is 0.180 e. The summed E-state index contributed by atoms with van der Waals surface area (Å²) in [7, 11) is 0. The maximum absolute atomic E-state index is 13.7. The summed E-state index contributed by atoms with van der Waals surface area (Å²) in [5.41, 5.74) is 8.80. The number of allylic oxidation sites excluding steroid dienone is 2. The van der Waals surface area contributed by atoms with Crippen LogP contribution in [-0.4, -0.2) is 54.8 Å². The first-order valence-electron chi connectivity index (χ1n) is 12.2. The van der Waals surface area contributed by atoms with Crippen molar-refractivity contribution in [2.24, 2.45) is 11.1 Å². The molecule has 0 aromatic heterocycles. The summed E-state index contributed by atoms with van der Waals surface area (Å²) < 4.78 is 0. The Hall–Kier alpha value is -2.70. The fourth-order valence-electron chi connectivity index (χ4n) is 5.37. The van der Waals surface area contributed by atoms with Crippen molar-refractivity contribution in [1.82, 2.24) is 10.2 Å². The van der Waals surface area contributed by atoms with E-state index >= 15 is 0 Å². The number of carbonyl (C=O) groups is 1. The van der Waals surface area contributed by atoms with Gasteiger partial charge in [-0.3, -0.25) is 15.1 Å². The fraction of sp³-hybridized carbons (Fsp3) is 0.481. The largest absolute Gasteiger partial charge is 0.387 e. The topological polar surface area (TPSA) is 94.2 Å². The van der Waals surface area contributed by atoms with Gasteiger partial charge in [-0.2, -0.15) is 0 Å². The number of unbranched alkanes of at least 4 members (excludes halogenated alkanes) is 2. The van der Waals surface area contributed by atoms with Gasteiger partial charge < -0.3 is 16.4 Å². The Morgan fingerprint density at radius 1 is 1.18 bits per heavy atom. The molecule has 3 aliphatic rings. The van der Waals surface area contributed by atoms with E-state index in [4.69, 9.17) is 11.1 Å². The van der Waals surface area contributed by atoms with Crippen molar-refractivity contribution in [2.45, 2.75) is 51.6 Å². The zero-order chi connectivity index (χ0) is 23.4. The number of anilines is 1. The van der Waals surface area contributed by atoms with Crippen LogP contribution in [0.4, 0.5) is 5.69 Å². The summed E-state index contributed by atoms with van der Waals surface area (Å²) >= 11 is 0. The van der Waals surface area contributed by atoms with Crippen molar-refractivity contribution in [2.75, 3.05) is 31.5 Å². The van der Waals surface area contributed by atoms with Crippen LogP contribution in [0.25, 0.3) is 6.08 Å². The van der Waals surface area contributed by atoms with Crippen molar-refractivity contribution in [1.29, 1.82) is 5.41 Å². The van der Waals surface area contributed by atoms with Crippen molar-refractivity contribution in [3.63, 3.8) is 0 Å². The molecule has 33 heavy (non-hydrogen) atoms. The molecule has 0 bridgehead atoms. The van der Waals surface area contributed by atoms with Crippen LogP contribution in [0.1, 0.15) is 45.1 Å². The van der Waals surface area contributed by atoms with Gasteiger partial charge in [-0.25, -0.2) is 0 Å². The van der Waals surface area contributed by atoms with E-state index in [9.17, 15) is 4.79 Å². The molecule has 176 valence electrons. The third kappa shape index (κ3) is 4.82. The van der Waals surface area contributed by atoms with Crippen LogP contribution in [0.2, 0.25) is 0 Å². The number of rotatable bonds is 8. The monoisotopic (exact) mass is 447 g/mol. The second-order valence-corrected chi connectivity index (χ2v) is 9.67. The van der Waals surface area contributed by atoms with Crippen LogP contribution >= 0.6 is 0 Å². The van der Waals surface area contributed by atoms with Gasteiger partial charge in [0, 0.05) is 43.0 Å². The van der Waals surface area contributed by atoms with Gasteiger partial charge in [0.2, 0.25) is 0 Å². The molecule has 1 aromatic carbocycles. The Morgan fingerprint density at radius 3 is 2.70 bits per heavy atom. The van der Waals surface area contributed by atoms with Gasteiger partial charge in [0.25, 0.3) is 0 Å². The van der Waals surface area contributed by atoms with Crippen molar-refractivity contribution >= 4 is 23.4 Å². The number of Topliss-reactive ketones (excluding diaryl/α,β-unsaturated/α-hetero) is 1. The lowest BCUT2D eigenvalue weighted by Crippen LogP contribution is -2.55. The number of piperazine rings is 1. The number of hydrogen-bond donors (Lipinski definition) is 4. The molecule has 0 spiro atoms. The van der Waals surface area contributed by atoms with Crippen LogP contribution in [0.3, 0.4) is 0 Å². The number of nitrogens with one attached hydrogen (secondary N) is 3. The summed E-state index contributed by atoms with van der Waals surface area (Å²) in [6.45, 7) is 8.31. The molecule has 6 nitrogen and oxygen atoms in total. The van der Waals surface area contributed by atoms with E-state index in [0.29, 0.717) is 30.6 Å². The first-order valence-corrected chi connectivity index (χ1v) is 12.2. The number of fused-ring (bicyclic) bond motifs is 1. The quantitative estimate of drug-likeness (QED) is 0.277.